The van der Waals surface area contributed by atoms with Crippen molar-refractivity contribution in [1.82, 2.24) is 0 Å². The van der Waals surface area contributed by atoms with Crippen molar-refractivity contribution < 1.29 is 14.3 Å². The molecule has 3 unspecified atom stereocenters. The van der Waals surface area contributed by atoms with Crippen LogP contribution >= 0.6 is 0 Å². The van der Waals surface area contributed by atoms with Crippen molar-refractivity contribution in [2.75, 3.05) is 7.11 Å². The Morgan fingerprint density at radius 3 is 2.52 bits per heavy atom. The smallest absolute Gasteiger partial charge is 0.342 e. The Kier molecular flexibility index (Phi) is 3.27. The lowest BCUT2D eigenvalue weighted by Crippen LogP contribution is -2.38. The quantitative estimate of drug-likeness (QED) is 0.787. The number of benzene rings is 1. The minimum absolute atomic E-state index is 0.0173. The van der Waals surface area contributed by atoms with Crippen LogP contribution in [0.4, 0.5) is 0 Å². The Morgan fingerprint density at radius 1 is 1.24 bits per heavy atom. The predicted molar refractivity (Wildman–Crippen MR) is 81.4 cm³/mol. The molecule has 0 saturated heterocycles. The number of rotatable bonds is 3. The molecular weight excluding hydrogens is 264 g/mol. The fraction of sp³-hybridized carbons (Fsp3) is 0.611. The van der Waals surface area contributed by atoms with Crippen LogP contribution in [0.15, 0.2) is 24.3 Å². The van der Waals surface area contributed by atoms with Gasteiger partial charge in [0.25, 0.3) is 0 Å². The standard InChI is InChI=1S/C18H24O3/c1-17(2)12-9-10-18(17,3)15(11-12)21-16(19)13-7-5-6-8-14(13)20-4/h5-8,12,15H,9-11H2,1-4H3. The summed E-state index contributed by atoms with van der Waals surface area (Å²) in [6.45, 7) is 6.92. The maximum Gasteiger partial charge on any atom is 0.342 e. The molecule has 1 aromatic rings. The second kappa shape index (κ2) is 4.75. The molecule has 0 aromatic heterocycles. The number of fused-ring (bicyclic) bond motifs is 2. The number of esters is 1. The molecule has 0 heterocycles. The van der Waals surface area contributed by atoms with Gasteiger partial charge in [-0.2, -0.15) is 0 Å². The van der Waals surface area contributed by atoms with Gasteiger partial charge in [-0.3, -0.25) is 0 Å². The largest absolute Gasteiger partial charge is 0.496 e. The lowest BCUT2D eigenvalue weighted by atomic mass is 9.70. The van der Waals surface area contributed by atoms with Crippen LogP contribution in [-0.2, 0) is 4.74 Å². The Balaban J connectivity index is 1.81. The summed E-state index contributed by atoms with van der Waals surface area (Å²) in [6, 6.07) is 7.26. The number of para-hydroxylation sites is 1. The van der Waals surface area contributed by atoms with Crippen LogP contribution in [0, 0.1) is 16.7 Å². The molecule has 0 N–H and O–H groups in total. The number of methoxy groups -OCH3 is 1. The van der Waals surface area contributed by atoms with E-state index in [-0.39, 0.29) is 22.9 Å². The Morgan fingerprint density at radius 2 is 1.95 bits per heavy atom. The van der Waals surface area contributed by atoms with Crippen molar-refractivity contribution in [2.24, 2.45) is 16.7 Å². The second-order valence-electron chi connectivity index (χ2n) is 7.20. The molecule has 114 valence electrons. The van der Waals surface area contributed by atoms with E-state index in [0.717, 1.165) is 12.8 Å². The Bertz CT molecular complexity index is 563. The first kappa shape index (κ1) is 14.4. The van der Waals surface area contributed by atoms with Crippen LogP contribution in [0.2, 0.25) is 0 Å². The van der Waals surface area contributed by atoms with Gasteiger partial charge >= 0.3 is 5.97 Å². The third kappa shape index (κ3) is 1.97. The van der Waals surface area contributed by atoms with Gasteiger partial charge in [-0.15, -0.1) is 0 Å². The summed E-state index contributed by atoms with van der Waals surface area (Å²) in [4.78, 5) is 12.5. The first-order valence-corrected chi connectivity index (χ1v) is 7.74. The summed E-state index contributed by atoms with van der Waals surface area (Å²) in [5.41, 5.74) is 0.859. The number of ether oxygens (including phenoxy) is 2. The maximum atomic E-state index is 12.5. The normalized spacial score (nSPS) is 33.0. The highest BCUT2D eigenvalue weighted by atomic mass is 16.5. The molecule has 2 fully saturated rings. The van der Waals surface area contributed by atoms with Crippen LogP contribution in [-0.4, -0.2) is 19.2 Å². The lowest BCUT2D eigenvalue weighted by molar-refractivity contribution is -0.0244. The van der Waals surface area contributed by atoms with Gasteiger partial charge in [0.05, 0.1) is 7.11 Å². The molecule has 0 spiro atoms. The average Bonchev–Trinajstić information content (AvgIpc) is 2.80. The number of carbonyl (C=O) groups excluding carboxylic acids is 1. The molecule has 0 aliphatic heterocycles. The lowest BCUT2D eigenvalue weighted by Gasteiger charge is -2.38. The third-order valence-electron chi connectivity index (χ3n) is 6.29. The zero-order valence-corrected chi connectivity index (χ0v) is 13.3. The van der Waals surface area contributed by atoms with Gasteiger partial charge < -0.3 is 9.47 Å². The highest BCUT2D eigenvalue weighted by Crippen LogP contribution is 2.66. The summed E-state index contributed by atoms with van der Waals surface area (Å²) in [7, 11) is 1.58. The van der Waals surface area contributed by atoms with E-state index in [1.165, 1.54) is 6.42 Å². The van der Waals surface area contributed by atoms with E-state index >= 15 is 0 Å². The van der Waals surface area contributed by atoms with Crippen molar-refractivity contribution >= 4 is 5.97 Å². The summed E-state index contributed by atoms with van der Waals surface area (Å²) in [6.07, 6.45) is 3.41. The Hall–Kier alpha value is -1.51. The van der Waals surface area contributed by atoms with E-state index in [9.17, 15) is 4.79 Å². The minimum Gasteiger partial charge on any atom is -0.496 e. The molecular formula is C18H24O3. The highest BCUT2D eigenvalue weighted by molar-refractivity contribution is 5.92. The SMILES string of the molecule is COc1ccccc1C(=O)OC1CC2CCC1(C)C2(C)C. The topological polar surface area (TPSA) is 35.5 Å². The van der Waals surface area contributed by atoms with Crippen LogP contribution in [0.25, 0.3) is 0 Å². The van der Waals surface area contributed by atoms with Crippen molar-refractivity contribution in [3.63, 3.8) is 0 Å². The minimum atomic E-state index is -0.262. The van der Waals surface area contributed by atoms with Crippen molar-refractivity contribution in [1.29, 1.82) is 0 Å². The molecule has 2 bridgehead atoms. The monoisotopic (exact) mass is 288 g/mol. The van der Waals surface area contributed by atoms with E-state index in [4.69, 9.17) is 9.47 Å². The predicted octanol–water partition coefficient (Wildman–Crippen LogP) is 4.07. The molecule has 3 heteroatoms. The van der Waals surface area contributed by atoms with Gasteiger partial charge in [0.1, 0.15) is 17.4 Å². The fourth-order valence-corrected chi connectivity index (χ4v) is 4.31. The fourth-order valence-electron chi connectivity index (χ4n) is 4.31. The zero-order valence-electron chi connectivity index (χ0n) is 13.3. The zero-order chi connectivity index (χ0) is 15.3. The molecule has 3 atom stereocenters. The molecule has 0 radical (unpaired) electrons. The van der Waals surface area contributed by atoms with Gasteiger partial charge in [0.2, 0.25) is 0 Å². The van der Waals surface area contributed by atoms with Crippen molar-refractivity contribution in [2.45, 2.75) is 46.1 Å². The van der Waals surface area contributed by atoms with Gasteiger partial charge in [-0.25, -0.2) is 4.79 Å². The molecule has 2 aliphatic rings. The number of hydrogen-bond donors (Lipinski definition) is 0. The molecule has 21 heavy (non-hydrogen) atoms. The maximum absolute atomic E-state index is 12.5. The molecule has 0 amide bonds. The number of hydrogen-bond acceptors (Lipinski definition) is 3. The second-order valence-corrected chi connectivity index (χ2v) is 7.20. The van der Waals surface area contributed by atoms with E-state index in [1.54, 1.807) is 19.2 Å². The van der Waals surface area contributed by atoms with E-state index < -0.39 is 0 Å². The summed E-state index contributed by atoms with van der Waals surface area (Å²) >= 11 is 0. The summed E-state index contributed by atoms with van der Waals surface area (Å²) < 4.78 is 11.2. The molecule has 2 saturated carbocycles. The molecule has 2 aliphatic carbocycles. The Labute approximate surface area is 126 Å². The van der Waals surface area contributed by atoms with Crippen LogP contribution in [0.3, 0.4) is 0 Å². The molecule has 3 nitrogen and oxygen atoms in total. The van der Waals surface area contributed by atoms with Crippen LogP contribution in [0.1, 0.15) is 50.4 Å². The van der Waals surface area contributed by atoms with E-state index in [1.807, 2.05) is 12.1 Å². The summed E-state index contributed by atoms with van der Waals surface area (Å²) in [5.74, 6) is 0.982. The first-order chi connectivity index (χ1) is 9.90. The average molecular weight is 288 g/mol. The van der Waals surface area contributed by atoms with Crippen molar-refractivity contribution in [3.05, 3.63) is 29.8 Å². The third-order valence-corrected chi connectivity index (χ3v) is 6.29. The van der Waals surface area contributed by atoms with Crippen molar-refractivity contribution in [3.8, 4) is 5.75 Å². The first-order valence-electron chi connectivity index (χ1n) is 7.74. The van der Waals surface area contributed by atoms with E-state index in [2.05, 4.69) is 20.8 Å². The van der Waals surface area contributed by atoms with Gasteiger partial charge in [-0.1, -0.05) is 32.9 Å². The van der Waals surface area contributed by atoms with E-state index in [0.29, 0.717) is 17.2 Å². The highest BCUT2D eigenvalue weighted by Gasteiger charge is 2.62. The van der Waals surface area contributed by atoms with Crippen LogP contribution in [0.5, 0.6) is 5.75 Å². The summed E-state index contributed by atoms with van der Waals surface area (Å²) in [5, 5.41) is 0. The van der Waals surface area contributed by atoms with Gasteiger partial charge in [0, 0.05) is 5.41 Å². The number of carbonyl (C=O) groups is 1. The molecule has 3 rings (SSSR count). The van der Waals surface area contributed by atoms with Crippen LogP contribution < -0.4 is 4.74 Å². The van der Waals surface area contributed by atoms with Gasteiger partial charge in [0.15, 0.2) is 0 Å². The molecule has 1 aromatic carbocycles. The van der Waals surface area contributed by atoms with Gasteiger partial charge in [-0.05, 0) is 42.7 Å².